The Morgan fingerprint density at radius 3 is 2.47 bits per heavy atom. The zero-order valence-corrected chi connectivity index (χ0v) is 7.86. The number of carbonyl (C=O) groups is 2. The van der Waals surface area contributed by atoms with Crippen LogP contribution < -0.4 is 10.6 Å². The van der Waals surface area contributed by atoms with Crippen molar-refractivity contribution in [2.45, 2.75) is 6.42 Å². The first-order valence-corrected chi connectivity index (χ1v) is 4.23. The predicted octanol–water partition coefficient (Wildman–Crippen LogP) is 1.11. The number of hydrogen-bond acceptors (Lipinski definition) is 3. The molecule has 0 aliphatic heterocycles. The number of benzene rings is 1. The molecule has 2 amide bonds. The van der Waals surface area contributed by atoms with E-state index in [0.29, 0.717) is 17.8 Å². The van der Waals surface area contributed by atoms with Gasteiger partial charge in [0.15, 0.2) is 0 Å². The highest BCUT2D eigenvalue weighted by atomic mass is 16.1. The maximum absolute atomic E-state index is 11.0. The number of nitriles is 1. The smallest absolute Gasteiger partial charge is 0.238 e. The van der Waals surface area contributed by atoms with E-state index in [-0.39, 0.29) is 12.3 Å². The van der Waals surface area contributed by atoms with Gasteiger partial charge in [0.05, 0.1) is 6.07 Å². The van der Waals surface area contributed by atoms with E-state index in [1.165, 1.54) is 0 Å². The molecule has 76 valence electrons. The zero-order valence-electron chi connectivity index (χ0n) is 7.86. The molecular weight excluding hydrogens is 194 g/mol. The van der Waals surface area contributed by atoms with Crippen LogP contribution in [0.5, 0.6) is 0 Å². The molecule has 0 unspecified atom stereocenters. The quantitative estimate of drug-likeness (QED) is 0.719. The van der Waals surface area contributed by atoms with Gasteiger partial charge in [0.2, 0.25) is 12.3 Å². The Hall–Kier alpha value is -2.35. The fraction of sp³-hybridized carbons (Fsp3) is 0.100. The van der Waals surface area contributed by atoms with Crippen molar-refractivity contribution in [3.8, 4) is 6.07 Å². The second-order valence-electron chi connectivity index (χ2n) is 2.72. The molecule has 0 aromatic heterocycles. The Balaban J connectivity index is 2.60. The normalized spacial score (nSPS) is 8.73. The molecule has 0 aliphatic carbocycles. The molecule has 0 bridgehead atoms. The SMILES string of the molecule is N#CCC(=O)Nc1ccc(NC=O)cc1. The lowest BCUT2D eigenvalue weighted by molar-refractivity contribution is -0.115. The van der Waals surface area contributed by atoms with Crippen LogP contribution in [0.15, 0.2) is 24.3 Å². The number of anilines is 2. The van der Waals surface area contributed by atoms with Gasteiger partial charge < -0.3 is 10.6 Å². The van der Waals surface area contributed by atoms with Gasteiger partial charge in [-0.1, -0.05) is 0 Å². The van der Waals surface area contributed by atoms with E-state index >= 15 is 0 Å². The third-order valence-corrected chi connectivity index (χ3v) is 1.63. The summed E-state index contributed by atoms with van der Waals surface area (Å²) in [6.07, 6.45) is 0.400. The summed E-state index contributed by atoms with van der Waals surface area (Å²) in [5, 5.41) is 13.3. The molecule has 0 aliphatic rings. The lowest BCUT2D eigenvalue weighted by Gasteiger charge is -2.03. The first kappa shape index (κ1) is 10.7. The van der Waals surface area contributed by atoms with Gasteiger partial charge in [-0.25, -0.2) is 0 Å². The van der Waals surface area contributed by atoms with Crippen LogP contribution in [0.2, 0.25) is 0 Å². The van der Waals surface area contributed by atoms with Gasteiger partial charge in [-0.2, -0.15) is 5.26 Å². The molecule has 0 radical (unpaired) electrons. The molecule has 1 rings (SSSR count). The molecule has 5 heteroatoms. The van der Waals surface area contributed by atoms with E-state index < -0.39 is 0 Å². The highest BCUT2D eigenvalue weighted by Crippen LogP contribution is 2.12. The van der Waals surface area contributed by atoms with Crippen LogP contribution in [0.1, 0.15) is 6.42 Å². The van der Waals surface area contributed by atoms with E-state index in [1.54, 1.807) is 30.3 Å². The Kier molecular flexibility index (Phi) is 3.86. The fourth-order valence-corrected chi connectivity index (χ4v) is 0.995. The topological polar surface area (TPSA) is 82.0 Å². The molecular formula is C10H9N3O2. The van der Waals surface area contributed by atoms with Gasteiger partial charge in [0, 0.05) is 11.4 Å². The molecule has 1 aromatic rings. The lowest BCUT2D eigenvalue weighted by atomic mass is 10.2. The molecule has 0 heterocycles. The number of carbonyl (C=O) groups excluding carboxylic acids is 2. The van der Waals surface area contributed by atoms with Crippen molar-refractivity contribution < 1.29 is 9.59 Å². The molecule has 0 saturated heterocycles. The molecule has 0 fully saturated rings. The average molecular weight is 203 g/mol. The summed E-state index contributed by atoms with van der Waals surface area (Å²) in [6.45, 7) is 0. The molecule has 2 N–H and O–H groups in total. The van der Waals surface area contributed by atoms with Crippen LogP contribution in [0.25, 0.3) is 0 Å². The fourth-order valence-electron chi connectivity index (χ4n) is 0.995. The third kappa shape index (κ3) is 3.48. The van der Waals surface area contributed by atoms with Crippen molar-refractivity contribution >= 4 is 23.7 Å². The summed E-state index contributed by atoms with van der Waals surface area (Å²) >= 11 is 0. The van der Waals surface area contributed by atoms with Gasteiger partial charge in [-0.15, -0.1) is 0 Å². The minimum atomic E-state index is -0.353. The van der Waals surface area contributed by atoms with Crippen LogP contribution in [-0.2, 0) is 9.59 Å². The van der Waals surface area contributed by atoms with Crippen LogP contribution >= 0.6 is 0 Å². The number of rotatable bonds is 4. The summed E-state index contributed by atoms with van der Waals surface area (Å²) in [6, 6.07) is 8.33. The summed E-state index contributed by atoms with van der Waals surface area (Å²) < 4.78 is 0. The average Bonchev–Trinajstić information content (AvgIpc) is 2.22. The van der Waals surface area contributed by atoms with E-state index in [0.717, 1.165) is 0 Å². The molecule has 5 nitrogen and oxygen atoms in total. The van der Waals surface area contributed by atoms with E-state index in [9.17, 15) is 9.59 Å². The largest absolute Gasteiger partial charge is 0.329 e. The van der Waals surface area contributed by atoms with Crippen molar-refractivity contribution in [1.82, 2.24) is 0 Å². The van der Waals surface area contributed by atoms with Crippen molar-refractivity contribution in [2.24, 2.45) is 0 Å². The van der Waals surface area contributed by atoms with Crippen molar-refractivity contribution in [3.63, 3.8) is 0 Å². The van der Waals surface area contributed by atoms with Crippen molar-refractivity contribution in [2.75, 3.05) is 10.6 Å². The van der Waals surface area contributed by atoms with Gasteiger partial charge in [-0.05, 0) is 24.3 Å². The van der Waals surface area contributed by atoms with E-state index in [4.69, 9.17) is 5.26 Å². The van der Waals surface area contributed by atoms with Crippen LogP contribution in [0.3, 0.4) is 0 Å². The summed E-state index contributed by atoms with van der Waals surface area (Å²) in [7, 11) is 0. The second-order valence-corrected chi connectivity index (χ2v) is 2.72. The minimum absolute atomic E-state index is 0.172. The van der Waals surface area contributed by atoms with Crippen molar-refractivity contribution in [1.29, 1.82) is 5.26 Å². The Morgan fingerprint density at radius 1 is 1.33 bits per heavy atom. The van der Waals surface area contributed by atoms with Gasteiger partial charge in [0.25, 0.3) is 0 Å². The Bertz CT molecular complexity index is 392. The van der Waals surface area contributed by atoms with Crippen LogP contribution in [-0.4, -0.2) is 12.3 Å². The first-order chi connectivity index (χ1) is 7.26. The molecule has 1 aromatic carbocycles. The highest BCUT2D eigenvalue weighted by Gasteiger charge is 2.00. The first-order valence-electron chi connectivity index (χ1n) is 4.23. The number of nitrogens with one attached hydrogen (secondary N) is 2. The minimum Gasteiger partial charge on any atom is -0.329 e. The lowest BCUT2D eigenvalue weighted by Crippen LogP contribution is -2.09. The number of hydrogen-bond donors (Lipinski definition) is 2. The highest BCUT2D eigenvalue weighted by molar-refractivity contribution is 5.92. The van der Waals surface area contributed by atoms with Gasteiger partial charge in [-0.3, -0.25) is 9.59 Å². The third-order valence-electron chi connectivity index (χ3n) is 1.63. The maximum Gasteiger partial charge on any atom is 0.238 e. The molecule has 0 spiro atoms. The molecule has 0 saturated carbocycles. The standard InChI is InChI=1S/C10H9N3O2/c11-6-5-10(15)13-9-3-1-8(2-4-9)12-7-14/h1-4,7H,5H2,(H,12,14)(H,13,15). The maximum atomic E-state index is 11.0. The Labute approximate surface area is 86.7 Å². The van der Waals surface area contributed by atoms with Gasteiger partial charge in [0.1, 0.15) is 6.42 Å². The molecule has 15 heavy (non-hydrogen) atoms. The predicted molar refractivity (Wildman–Crippen MR) is 55.0 cm³/mol. The van der Waals surface area contributed by atoms with Crippen molar-refractivity contribution in [3.05, 3.63) is 24.3 Å². The van der Waals surface area contributed by atoms with Gasteiger partial charge >= 0.3 is 0 Å². The second kappa shape index (κ2) is 5.40. The Morgan fingerprint density at radius 2 is 1.93 bits per heavy atom. The number of amides is 2. The summed E-state index contributed by atoms with van der Waals surface area (Å²) in [5.41, 5.74) is 1.23. The van der Waals surface area contributed by atoms with E-state index in [1.807, 2.05) is 0 Å². The zero-order chi connectivity index (χ0) is 11.1. The summed E-state index contributed by atoms with van der Waals surface area (Å²) in [4.78, 5) is 21.1. The molecule has 0 atom stereocenters. The van der Waals surface area contributed by atoms with Crippen LogP contribution in [0.4, 0.5) is 11.4 Å². The number of nitrogens with zero attached hydrogens (tertiary/aromatic N) is 1. The summed E-state index contributed by atoms with van der Waals surface area (Å²) in [5.74, 6) is -0.353. The van der Waals surface area contributed by atoms with E-state index in [2.05, 4.69) is 10.6 Å². The van der Waals surface area contributed by atoms with Crippen LogP contribution in [0, 0.1) is 11.3 Å². The monoisotopic (exact) mass is 203 g/mol.